The number of nitrogens with zero attached hydrogens (tertiary/aromatic N) is 1. The Balaban J connectivity index is 4.14. The second-order valence-electron chi connectivity index (χ2n) is 11.8. The van der Waals surface area contributed by atoms with Gasteiger partial charge < -0.3 is 27.9 Å². The molecule has 40 heavy (non-hydrogen) atoms. The van der Waals surface area contributed by atoms with Gasteiger partial charge in [-0.05, 0) is 13.3 Å². The zero-order valence-electron chi connectivity index (χ0n) is 26.1. The number of likely N-dealkylation sites (N-methyl/N-ethyl adjacent to an activating group) is 1. The van der Waals surface area contributed by atoms with Crippen molar-refractivity contribution in [1.82, 2.24) is 0 Å². The first kappa shape index (κ1) is 38.8. The van der Waals surface area contributed by atoms with Crippen LogP contribution in [0.3, 0.4) is 0 Å². The van der Waals surface area contributed by atoms with E-state index in [0.29, 0.717) is 17.4 Å². The average Bonchev–Trinajstić information content (AvgIpc) is 2.86. The third-order valence-corrected chi connectivity index (χ3v) is 7.51. The van der Waals surface area contributed by atoms with E-state index in [4.69, 9.17) is 18.5 Å². The summed E-state index contributed by atoms with van der Waals surface area (Å²) in [6.45, 7) is 6.81. The summed E-state index contributed by atoms with van der Waals surface area (Å²) in [6, 6.07) is 0. The van der Waals surface area contributed by atoms with Crippen molar-refractivity contribution < 1.29 is 42.1 Å². The van der Waals surface area contributed by atoms with Crippen LogP contribution in [0.15, 0.2) is 12.2 Å². The molecule has 2 atom stereocenters. The number of hydrogen-bond acceptors (Lipinski definition) is 8. The molecule has 0 heterocycles. The van der Waals surface area contributed by atoms with E-state index in [-0.39, 0.29) is 25.2 Å². The van der Waals surface area contributed by atoms with Gasteiger partial charge >= 0.3 is 11.9 Å². The number of ether oxygens (including phenoxy) is 2. The van der Waals surface area contributed by atoms with E-state index in [2.05, 4.69) is 13.5 Å². The molecule has 0 spiro atoms. The molecular formula is C30H58NO8P. The van der Waals surface area contributed by atoms with E-state index >= 15 is 0 Å². The molecule has 0 fully saturated rings. The Morgan fingerprint density at radius 3 is 1.70 bits per heavy atom. The third kappa shape index (κ3) is 25.7. The maximum atomic E-state index is 12.3. The predicted molar refractivity (Wildman–Crippen MR) is 158 cm³/mol. The van der Waals surface area contributed by atoms with Crippen LogP contribution in [0.25, 0.3) is 0 Å². The van der Waals surface area contributed by atoms with E-state index in [1.54, 1.807) is 0 Å². The number of phosphoric ester groups is 1. The van der Waals surface area contributed by atoms with Gasteiger partial charge in [0, 0.05) is 12.0 Å². The summed E-state index contributed by atoms with van der Waals surface area (Å²) < 4.78 is 33.0. The fourth-order valence-corrected chi connectivity index (χ4v) is 4.79. The van der Waals surface area contributed by atoms with Gasteiger partial charge in [0.1, 0.15) is 32.5 Å². The van der Waals surface area contributed by atoms with Gasteiger partial charge in [-0.25, -0.2) is 4.79 Å². The normalized spacial score (nSPS) is 13.9. The molecule has 236 valence electrons. The number of carbonyl (C=O) groups excluding carboxylic acids is 2. The van der Waals surface area contributed by atoms with Crippen LogP contribution in [0, 0.1) is 0 Å². The number of carbonyl (C=O) groups is 2. The quantitative estimate of drug-likeness (QED) is 0.0351. The molecule has 0 saturated heterocycles. The number of hydrogen-bond donors (Lipinski definition) is 0. The molecule has 0 aromatic carbocycles. The fourth-order valence-electron chi connectivity index (χ4n) is 3.94. The van der Waals surface area contributed by atoms with Gasteiger partial charge in [0.15, 0.2) is 0 Å². The van der Waals surface area contributed by atoms with E-state index in [1.165, 1.54) is 84.0 Å². The second-order valence-corrected chi connectivity index (χ2v) is 13.1. The fraction of sp³-hybridized carbons (Fsp3) is 0.867. The summed E-state index contributed by atoms with van der Waals surface area (Å²) in [5, 5.41) is 0. The van der Waals surface area contributed by atoms with Crippen molar-refractivity contribution in [2.45, 2.75) is 123 Å². The molecule has 2 unspecified atom stereocenters. The molecule has 0 radical (unpaired) electrons. The van der Waals surface area contributed by atoms with Gasteiger partial charge in [0.2, 0.25) is 0 Å². The van der Waals surface area contributed by atoms with Crippen LogP contribution >= 0.6 is 7.82 Å². The van der Waals surface area contributed by atoms with Gasteiger partial charge in [-0.2, -0.15) is 0 Å². The van der Waals surface area contributed by atoms with Crippen LogP contribution in [0.5, 0.6) is 0 Å². The summed E-state index contributed by atoms with van der Waals surface area (Å²) >= 11 is 0. The minimum absolute atomic E-state index is 0.0679. The van der Waals surface area contributed by atoms with E-state index in [1.807, 2.05) is 21.1 Å². The van der Waals surface area contributed by atoms with Crippen molar-refractivity contribution in [1.29, 1.82) is 0 Å². The van der Waals surface area contributed by atoms with Crippen LogP contribution in [-0.2, 0) is 32.7 Å². The lowest BCUT2D eigenvalue weighted by atomic mass is 10.0. The summed E-state index contributed by atoms with van der Waals surface area (Å²) in [5.41, 5.74) is 0.161. The first-order valence-corrected chi connectivity index (χ1v) is 16.7. The molecule has 0 rings (SSSR count). The first-order valence-electron chi connectivity index (χ1n) is 15.3. The van der Waals surface area contributed by atoms with E-state index in [9.17, 15) is 19.0 Å². The Morgan fingerprint density at radius 2 is 1.25 bits per heavy atom. The van der Waals surface area contributed by atoms with Gasteiger partial charge in [0.05, 0.1) is 21.1 Å². The highest BCUT2D eigenvalue weighted by Crippen LogP contribution is 2.40. The molecule has 0 saturated carbocycles. The predicted octanol–water partition coefficient (Wildman–Crippen LogP) is 6.49. The molecule has 0 aromatic rings. The lowest BCUT2D eigenvalue weighted by molar-refractivity contribution is -0.870. The van der Waals surface area contributed by atoms with Crippen molar-refractivity contribution in [3.8, 4) is 0 Å². The van der Waals surface area contributed by atoms with E-state index in [0.717, 1.165) is 12.8 Å². The molecule has 0 aliphatic heterocycles. The van der Waals surface area contributed by atoms with Crippen molar-refractivity contribution in [2.75, 3.05) is 47.5 Å². The number of rotatable bonds is 27. The lowest BCUT2D eigenvalue weighted by Crippen LogP contribution is -2.38. The van der Waals surface area contributed by atoms with Gasteiger partial charge in [-0.1, -0.05) is 103 Å². The number of esters is 2. The Bertz CT molecular complexity index is 738. The van der Waals surface area contributed by atoms with Crippen molar-refractivity contribution >= 4 is 19.8 Å². The zero-order chi connectivity index (χ0) is 30.3. The Hall–Kier alpha value is -1.25. The molecule has 0 aromatic heterocycles. The van der Waals surface area contributed by atoms with Crippen molar-refractivity contribution in [3.05, 3.63) is 12.2 Å². The molecule has 10 heteroatoms. The number of phosphoric acid groups is 1. The maximum absolute atomic E-state index is 12.3. The van der Waals surface area contributed by atoms with E-state index < -0.39 is 32.5 Å². The van der Waals surface area contributed by atoms with Gasteiger partial charge in [-0.15, -0.1) is 0 Å². The second kappa shape index (κ2) is 23.3. The zero-order valence-corrected chi connectivity index (χ0v) is 27.0. The van der Waals surface area contributed by atoms with Crippen LogP contribution in [0.2, 0.25) is 0 Å². The smallest absolute Gasteiger partial charge is 0.333 e. The molecular weight excluding hydrogens is 533 g/mol. The Morgan fingerprint density at radius 1 is 0.800 bits per heavy atom. The van der Waals surface area contributed by atoms with Crippen molar-refractivity contribution in [3.63, 3.8) is 0 Å². The molecule has 0 aliphatic rings. The molecule has 0 N–H and O–H groups in total. The molecule has 0 amide bonds. The summed E-state index contributed by atoms with van der Waals surface area (Å²) in [6.07, 6.45) is 17.6. The monoisotopic (exact) mass is 591 g/mol. The first-order chi connectivity index (χ1) is 18.9. The summed E-state index contributed by atoms with van der Waals surface area (Å²) in [7, 11) is 1.01. The molecule has 0 aliphatic carbocycles. The number of quaternary nitrogens is 1. The largest absolute Gasteiger partial charge is 0.756 e. The number of unbranched alkanes of at least 4 members (excludes halogenated alkanes) is 14. The highest BCUT2D eigenvalue weighted by molar-refractivity contribution is 7.45. The highest BCUT2D eigenvalue weighted by Gasteiger charge is 2.23. The summed E-state index contributed by atoms with van der Waals surface area (Å²) in [4.78, 5) is 36.2. The lowest BCUT2D eigenvalue weighted by Gasteiger charge is -2.29. The topological polar surface area (TPSA) is 111 Å². The highest BCUT2D eigenvalue weighted by atomic mass is 31.2. The average molecular weight is 592 g/mol. The van der Waals surface area contributed by atoms with Crippen LogP contribution in [0.4, 0.5) is 0 Å². The van der Waals surface area contributed by atoms with Crippen LogP contribution < -0.4 is 4.89 Å². The standard InChI is InChI=1S/C30H58NO8P/c1-7-8-9-10-11-12-13-14-15-16-17-18-19-20-21-22-29(32)36-25-28(26-37-30(33)27(2)3)39-40(34,35)38-24-23-31(4,5)6/h28H,2,7-26H2,1,3-6H3. The van der Waals surface area contributed by atoms with Crippen LogP contribution in [-0.4, -0.2) is 70.0 Å². The van der Waals surface area contributed by atoms with Gasteiger partial charge in [0.25, 0.3) is 7.82 Å². The minimum atomic E-state index is -4.70. The Kier molecular flexibility index (Phi) is 22.6. The SMILES string of the molecule is C=C(C)C(=O)OCC(COC(=O)CCCCCCCCCCCCCCCCC)OP(=O)([O-])OCC[N+](C)(C)C. The molecule has 9 nitrogen and oxygen atoms in total. The third-order valence-electron chi connectivity index (χ3n) is 6.45. The molecule has 0 bridgehead atoms. The van der Waals surface area contributed by atoms with Crippen LogP contribution in [0.1, 0.15) is 117 Å². The minimum Gasteiger partial charge on any atom is -0.756 e. The maximum Gasteiger partial charge on any atom is 0.333 e. The van der Waals surface area contributed by atoms with Gasteiger partial charge in [-0.3, -0.25) is 9.36 Å². The Labute approximate surface area is 244 Å². The summed E-state index contributed by atoms with van der Waals surface area (Å²) in [5.74, 6) is -1.13. The van der Waals surface area contributed by atoms with Crippen molar-refractivity contribution in [2.24, 2.45) is 0 Å².